The fourth-order valence-corrected chi connectivity index (χ4v) is 2.13. The van der Waals surface area contributed by atoms with E-state index in [1.807, 2.05) is 28.9 Å². The number of morpholine rings is 1. The summed E-state index contributed by atoms with van der Waals surface area (Å²) >= 11 is 5.99. The van der Waals surface area contributed by atoms with Crippen LogP contribution in [0.2, 0.25) is 5.02 Å². The van der Waals surface area contributed by atoms with Crippen LogP contribution in [0.1, 0.15) is 11.9 Å². The second-order valence-corrected chi connectivity index (χ2v) is 4.28. The third kappa shape index (κ3) is 1.69. The summed E-state index contributed by atoms with van der Waals surface area (Å²) in [5.74, 6) is 0.956. The first-order valence-corrected chi connectivity index (χ1v) is 5.66. The van der Waals surface area contributed by atoms with Crippen molar-refractivity contribution in [3.63, 3.8) is 0 Å². The van der Waals surface area contributed by atoms with E-state index < -0.39 is 0 Å². The van der Waals surface area contributed by atoms with Gasteiger partial charge >= 0.3 is 0 Å². The molecule has 2 aromatic heterocycles. The molecule has 2 aromatic rings. The molecule has 0 aliphatic carbocycles. The lowest BCUT2D eigenvalue weighted by Gasteiger charge is -2.22. The van der Waals surface area contributed by atoms with Crippen LogP contribution in [0.15, 0.2) is 24.5 Å². The Morgan fingerprint density at radius 3 is 3.25 bits per heavy atom. The molecule has 3 heterocycles. The lowest BCUT2D eigenvalue weighted by Crippen LogP contribution is -2.35. The average Bonchev–Trinajstić information content (AvgIpc) is 2.73. The van der Waals surface area contributed by atoms with Crippen molar-refractivity contribution in [3.05, 3.63) is 35.4 Å². The zero-order valence-corrected chi connectivity index (χ0v) is 9.44. The van der Waals surface area contributed by atoms with Crippen molar-refractivity contribution in [2.24, 2.45) is 0 Å². The molecular formula is C11H12ClN3O. The van der Waals surface area contributed by atoms with Crippen molar-refractivity contribution in [2.45, 2.75) is 6.04 Å². The van der Waals surface area contributed by atoms with E-state index >= 15 is 0 Å². The number of rotatable bonds is 1. The third-order valence-electron chi connectivity index (χ3n) is 2.75. The molecule has 0 aromatic carbocycles. The van der Waals surface area contributed by atoms with E-state index in [1.165, 1.54) is 0 Å². The van der Waals surface area contributed by atoms with Gasteiger partial charge in [-0.25, -0.2) is 4.98 Å². The first-order valence-electron chi connectivity index (χ1n) is 5.28. The Bertz CT molecular complexity index is 505. The van der Waals surface area contributed by atoms with Gasteiger partial charge in [0, 0.05) is 12.7 Å². The lowest BCUT2D eigenvalue weighted by atomic mass is 10.2. The molecule has 0 amide bonds. The number of halogens is 1. The number of fused-ring (bicyclic) bond motifs is 1. The highest BCUT2D eigenvalue weighted by atomic mass is 35.5. The monoisotopic (exact) mass is 237 g/mol. The number of hydrogen-bond acceptors (Lipinski definition) is 3. The topological polar surface area (TPSA) is 38.6 Å². The van der Waals surface area contributed by atoms with E-state index in [0.29, 0.717) is 11.6 Å². The van der Waals surface area contributed by atoms with E-state index in [0.717, 1.165) is 24.5 Å². The standard InChI is InChI=1S/C11H12ClN3O/c12-8-1-2-9-5-14-11(15(9)6-8)10-7-16-4-3-13-10/h1-2,5-6,10,13H,3-4,7H2. The van der Waals surface area contributed by atoms with Gasteiger partial charge < -0.3 is 14.5 Å². The van der Waals surface area contributed by atoms with E-state index in [2.05, 4.69) is 10.3 Å². The number of pyridine rings is 1. The molecule has 1 atom stereocenters. The lowest BCUT2D eigenvalue weighted by molar-refractivity contribution is 0.0740. The van der Waals surface area contributed by atoms with Crippen LogP contribution in [0.4, 0.5) is 0 Å². The van der Waals surface area contributed by atoms with Crippen LogP contribution in [-0.4, -0.2) is 29.1 Å². The number of hydrogen-bond donors (Lipinski definition) is 1. The van der Waals surface area contributed by atoms with Gasteiger partial charge in [0.05, 0.1) is 36.0 Å². The Hall–Kier alpha value is -1.10. The predicted molar refractivity (Wildman–Crippen MR) is 61.8 cm³/mol. The molecule has 0 bridgehead atoms. The second kappa shape index (κ2) is 4.05. The zero-order valence-electron chi connectivity index (χ0n) is 8.69. The summed E-state index contributed by atoms with van der Waals surface area (Å²) in [7, 11) is 0. The summed E-state index contributed by atoms with van der Waals surface area (Å²) in [6.07, 6.45) is 3.73. The smallest absolute Gasteiger partial charge is 0.132 e. The molecule has 1 unspecified atom stereocenters. The maximum absolute atomic E-state index is 5.99. The second-order valence-electron chi connectivity index (χ2n) is 3.84. The van der Waals surface area contributed by atoms with Gasteiger partial charge in [0.15, 0.2) is 0 Å². The molecule has 84 valence electrons. The highest BCUT2D eigenvalue weighted by molar-refractivity contribution is 6.30. The molecule has 1 saturated heterocycles. The number of imidazole rings is 1. The summed E-state index contributed by atoms with van der Waals surface area (Å²) in [5.41, 5.74) is 1.05. The maximum atomic E-state index is 5.99. The molecule has 16 heavy (non-hydrogen) atoms. The first-order chi connectivity index (χ1) is 7.84. The minimum Gasteiger partial charge on any atom is -0.378 e. The highest BCUT2D eigenvalue weighted by Crippen LogP contribution is 2.19. The molecule has 0 saturated carbocycles. The Kier molecular flexibility index (Phi) is 2.55. The Balaban J connectivity index is 2.05. The highest BCUT2D eigenvalue weighted by Gasteiger charge is 2.19. The first kappa shape index (κ1) is 10.1. The molecule has 4 nitrogen and oxygen atoms in total. The van der Waals surface area contributed by atoms with Crippen molar-refractivity contribution >= 4 is 17.1 Å². The summed E-state index contributed by atoms with van der Waals surface area (Å²) < 4.78 is 7.44. The summed E-state index contributed by atoms with van der Waals surface area (Å²) in [6.45, 7) is 2.28. The fraction of sp³-hybridized carbons (Fsp3) is 0.364. The molecule has 1 aliphatic heterocycles. The summed E-state index contributed by atoms with van der Waals surface area (Å²) in [5, 5.41) is 4.09. The normalized spacial score (nSPS) is 21.4. The molecule has 1 N–H and O–H groups in total. The minimum absolute atomic E-state index is 0.148. The van der Waals surface area contributed by atoms with Gasteiger partial charge in [-0.15, -0.1) is 0 Å². The maximum Gasteiger partial charge on any atom is 0.132 e. The molecule has 1 aliphatic rings. The number of nitrogens with zero attached hydrogens (tertiary/aromatic N) is 2. The van der Waals surface area contributed by atoms with Gasteiger partial charge in [0.25, 0.3) is 0 Å². The van der Waals surface area contributed by atoms with Gasteiger partial charge in [0.1, 0.15) is 5.82 Å². The van der Waals surface area contributed by atoms with E-state index in [1.54, 1.807) is 0 Å². The van der Waals surface area contributed by atoms with Crippen LogP contribution < -0.4 is 5.32 Å². The minimum atomic E-state index is 0.148. The molecule has 1 fully saturated rings. The van der Waals surface area contributed by atoms with Gasteiger partial charge in [-0.05, 0) is 12.1 Å². The molecule has 3 rings (SSSR count). The largest absolute Gasteiger partial charge is 0.378 e. The molecule has 0 radical (unpaired) electrons. The average molecular weight is 238 g/mol. The van der Waals surface area contributed by atoms with Crippen molar-refractivity contribution < 1.29 is 4.74 Å². The Labute approximate surface area is 98.2 Å². The van der Waals surface area contributed by atoms with Crippen LogP contribution in [-0.2, 0) is 4.74 Å². The van der Waals surface area contributed by atoms with Gasteiger partial charge in [-0.3, -0.25) is 0 Å². The van der Waals surface area contributed by atoms with E-state index in [-0.39, 0.29) is 6.04 Å². The van der Waals surface area contributed by atoms with Crippen LogP contribution in [0, 0.1) is 0 Å². The van der Waals surface area contributed by atoms with Crippen LogP contribution in [0.3, 0.4) is 0 Å². The summed E-state index contributed by atoms with van der Waals surface area (Å²) in [4.78, 5) is 4.42. The SMILES string of the molecule is Clc1ccc2cnc(C3COCCN3)n2c1. The van der Waals surface area contributed by atoms with Crippen LogP contribution in [0.5, 0.6) is 0 Å². The van der Waals surface area contributed by atoms with Crippen molar-refractivity contribution in [1.82, 2.24) is 14.7 Å². The Morgan fingerprint density at radius 2 is 2.44 bits per heavy atom. The zero-order chi connectivity index (χ0) is 11.0. The third-order valence-corrected chi connectivity index (χ3v) is 2.98. The fourth-order valence-electron chi connectivity index (χ4n) is 1.97. The van der Waals surface area contributed by atoms with Crippen LogP contribution in [0.25, 0.3) is 5.52 Å². The number of nitrogens with one attached hydrogen (secondary N) is 1. The van der Waals surface area contributed by atoms with Gasteiger partial charge in [0.2, 0.25) is 0 Å². The summed E-state index contributed by atoms with van der Waals surface area (Å²) in [6, 6.07) is 3.98. The van der Waals surface area contributed by atoms with Gasteiger partial charge in [-0.2, -0.15) is 0 Å². The van der Waals surface area contributed by atoms with Crippen molar-refractivity contribution in [3.8, 4) is 0 Å². The molecular weight excluding hydrogens is 226 g/mol. The Morgan fingerprint density at radius 1 is 1.50 bits per heavy atom. The molecule has 5 heteroatoms. The van der Waals surface area contributed by atoms with Crippen LogP contribution >= 0.6 is 11.6 Å². The van der Waals surface area contributed by atoms with Gasteiger partial charge in [-0.1, -0.05) is 11.6 Å². The van der Waals surface area contributed by atoms with Crippen molar-refractivity contribution in [2.75, 3.05) is 19.8 Å². The van der Waals surface area contributed by atoms with Crippen molar-refractivity contribution in [1.29, 1.82) is 0 Å². The number of aromatic nitrogens is 2. The predicted octanol–water partition coefficient (Wildman–Crippen LogP) is 1.65. The molecule has 0 spiro atoms. The quantitative estimate of drug-likeness (QED) is 0.820. The number of ether oxygens (including phenoxy) is 1. The van der Waals surface area contributed by atoms with E-state index in [4.69, 9.17) is 16.3 Å². The van der Waals surface area contributed by atoms with E-state index in [9.17, 15) is 0 Å².